The molecule has 2 aromatic heterocycles. The minimum atomic E-state index is -1.35. The lowest BCUT2D eigenvalue weighted by Gasteiger charge is -2.38. The van der Waals surface area contributed by atoms with E-state index in [1.54, 1.807) is 31.5 Å². The number of carbonyl (C=O) groups excluding carboxylic acids is 2. The number of nitriles is 1. The van der Waals surface area contributed by atoms with Gasteiger partial charge in [-0.1, -0.05) is 48.9 Å². The second kappa shape index (κ2) is 16.4. The second-order valence-electron chi connectivity index (χ2n) is 14.1. The fraction of sp³-hybridized carbons (Fsp3) is 0.390. The second-order valence-corrected chi connectivity index (χ2v) is 14.5. The number of amides is 1. The molecule has 0 bridgehead atoms. The lowest BCUT2D eigenvalue weighted by Crippen LogP contribution is -2.50. The van der Waals surface area contributed by atoms with Gasteiger partial charge < -0.3 is 34.6 Å². The summed E-state index contributed by atoms with van der Waals surface area (Å²) >= 11 is 6.71. The number of benzene rings is 2. The van der Waals surface area contributed by atoms with Crippen LogP contribution >= 0.6 is 11.6 Å². The Morgan fingerprint density at radius 2 is 1.95 bits per heavy atom. The van der Waals surface area contributed by atoms with Crippen LogP contribution in [-0.2, 0) is 44.2 Å². The molecule has 1 aliphatic heterocycles. The molecule has 3 N–H and O–H groups in total. The van der Waals surface area contributed by atoms with Crippen LogP contribution in [0.15, 0.2) is 71.3 Å². The number of hydrogen-bond acceptors (Lipinski definition) is 11. The van der Waals surface area contributed by atoms with E-state index in [0.29, 0.717) is 49.7 Å². The number of allylic oxidation sites excluding steroid dienone is 2. The van der Waals surface area contributed by atoms with Crippen molar-refractivity contribution in [2.45, 2.75) is 76.3 Å². The molecule has 7 rings (SSSR count). The van der Waals surface area contributed by atoms with Gasteiger partial charge in [0.2, 0.25) is 5.89 Å². The van der Waals surface area contributed by atoms with E-state index in [2.05, 4.69) is 27.0 Å². The molecule has 1 saturated carbocycles. The summed E-state index contributed by atoms with van der Waals surface area (Å²) in [6.07, 6.45) is 7.04. The highest BCUT2D eigenvalue weighted by atomic mass is 35.5. The predicted octanol–water partition coefficient (Wildman–Crippen LogP) is 5.82. The summed E-state index contributed by atoms with van der Waals surface area (Å²) in [7, 11) is 1.57. The number of fused-ring (bicyclic) bond motifs is 1. The van der Waals surface area contributed by atoms with Crippen LogP contribution in [0.2, 0.25) is 5.02 Å². The molecular formula is C41H42ClFN6O6. The number of nitrogens with zero attached hydrogens (tertiary/aromatic N) is 3. The van der Waals surface area contributed by atoms with Gasteiger partial charge in [-0.25, -0.2) is 9.37 Å². The van der Waals surface area contributed by atoms with Gasteiger partial charge in [-0.3, -0.25) is 14.6 Å². The molecule has 6 atom stereocenters. The Morgan fingerprint density at radius 3 is 2.69 bits per heavy atom. The number of halogens is 2. The zero-order chi connectivity index (χ0) is 38.7. The molecule has 4 aromatic rings. The SMILES string of the molecule is COCc1cc(C(=O)NC2(c3nc4cc(CN[C@@H]5CCOC[C@@H]5OC(C)=O)cc(C#N)c4o3)C=CC=C(c3ccccc3Cl)C2C)ncc1CN[C@@H]1C[C@@H]1F. The number of carbonyl (C=O) groups is 2. The highest BCUT2D eigenvalue weighted by molar-refractivity contribution is 6.32. The quantitative estimate of drug-likeness (QED) is 0.141. The Kier molecular flexibility index (Phi) is 11.4. The highest BCUT2D eigenvalue weighted by Gasteiger charge is 2.46. The van der Waals surface area contributed by atoms with Gasteiger partial charge in [0, 0.05) is 63.0 Å². The minimum Gasteiger partial charge on any atom is -0.458 e. The molecule has 3 heterocycles. The molecule has 286 valence electrons. The van der Waals surface area contributed by atoms with Gasteiger partial charge in [0.1, 0.15) is 35.1 Å². The number of aromatic nitrogens is 2. The molecule has 12 nitrogen and oxygen atoms in total. The third kappa shape index (κ3) is 8.20. The topological polar surface area (TPSA) is 161 Å². The average Bonchev–Trinajstić information content (AvgIpc) is 3.71. The van der Waals surface area contributed by atoms with Gasteiger partial charge in [-0.05, 0) is 71.0 Å². The van der Waals surface area contributed by atoms with Crippen LogP contribution in [0, 0.1) is 17.2 Å². The predicted molar refractivity (Wildman–Crippen MR) is 202 cm³/mol. The number of esters is 1. The highest BCUT2D eigenvalue weighted by Crippen LogP contribution is 2.45. The number of rotatable bonds is 13. The van der Waals surface area contributed by atoms with Crippen molar-refractivity contribution in [1.29, 1.82) is 5.26 Å². The van der Waals surface area contributed by atoms with Crippen molar-refractivity contribution in [2.24, 2.45) is 5.92 Å². The lowest BCUT2D eigenvalue weighted by atomic mass is 9.74. The number of alkyl halides is 1. The van der Waals surface area contributed by atoms with Crippen LogP contribution < -0.4 is 16.0 Å². The fourth-order valence-electron chi connectivity index (χ4n) is 7.26. The largest absolute Gasteiger partial charge is 0.458 e. The van der Waals surface area contributed by atoms with E-state index < -0.39 is 29.6 Å². The molecule has 2 aromatic carbocycles. The Morgan fingerprint density at radius 1 is 1.15 bits per heavy atom. The maximum atomic E-state index is 14.3. The maximum Gasteiger partial charge on any atom is 0.303 e. The van der Waals surface area contributed by atoms with E-state index in [1.807, 2.05) is 49.4 Å². The van der Waals surface area contributed by atoms with Crippen LogP contribution in [0.5, 0.6) is 0 Å². The van der Waals surface area contributed by atoms with Crippen molar-refractivity contribution in [2.75, 3.05) is 20.3 Å². The van der Waals surface area contributed by atoms with Crippen molar-refractivity contribution < 1.29 is 32.6 Å². The summed E-state index contributed by atoms with van der Waals surface area (Å²) in [6.45, 7) is 5.12. The van der Waals surface area contributed by atoms with E-state index in [4.69, 9.17) is 35.2 Å². The molecule has 55 heavy (non-hydrogen) atoms. The Balaban J connectivity index is 1.23. The normalized spacial score (nSPS) is 24.6. The first kappa shape index (κ1) is 38.3. The molecule has 1 amide bonds. The zero-order valence-electron chi connectivity index (χ0n) is 30.7. The van der Waals surface area contributed by atoms with Crippen molar-refractivity contribution >= 4 is 40.2 Å². The third-order valence-corrected chi connectivity index (χ3v) is 10.7. The monoisotopic (exact) mass is 768 g/mol. The molecular weight excluding hydrogens is 727 g/mol. The Labute approximate surface area is 323 Å². The Bertz CT molecular complexity index is 2200. The van der Waals surface area contributed by atoms with Crippen molar-refractivity contribution in [1.82, 2.24) is 25.9 Å². The number of nitrogens with one attached hydrogen (secondary N) is 3. The van der Waals surface area contributed by atoms with Crippen LogP contribution in [0.3, 0.4) is 0 Å². The third-order valence-electron chi connectivity index (χ3n) is 10.4. The number of ether oxygens (including phenoxy) is 3. The number of methoxy groups -OCH3 is 1. The molecule has 2 unspecified atom stereocenters. The smallest absolute Gasteiger partial charge is 0.303 e. The summed E-state index contributed by atoms with van der Waals surface area (Å²) in [5, 5.41) is 20.7. The Hall–Kier alpha value is -4.97. The average molecular weight is 769 g/mol. The van der Waals surface area contributed by atoms with E-state index >= 15 is 0 Å². The van der Waals surface area contributed by atoms with Gasteiger partial charge in [-0.15, -0.1) is 0 Å². The molecule has 1 saturated heterocycles. The first-order chi connectivity index (χ1) is 26.6. The number of pyridine rings is 1. The van der Waals surface area contributed by atoms with Crippen molar-refractivity contribution in [3.05, 3.63) is 111 Å². The van der Waals surface area contributed by atoms with Gasteiger partial charge in [0.25, 0.3) is 5.91 Å². The molecule has 0 spiro atoms. The van der Waals surface area contributed by atoms with E-state index in [-0.39, 0.29) is 47.4 Å². The van der Waals surface area contributed by atoms with E-state index in [1.165, 1.54) is 6.92 Å². The number of hydrogen-bond donors (Lipinski definition) is 3. The summed E-state index contributed by atoms with van der Waals surface area (Å²) in [4.78, 5) is 35.5. The maximum absolute atomic E-state index is 14.3. The van der Waals surface area contributed by atoms with E-state index in [0.717, 1.165) is 27.8 Å². The summed E-state index contributed by atoms with van der Waals surface area (Å²) in [5.41, 5.74) is 3.69. The van der Waals surface area contributed by atoms with E-state index in [9.17, 15) is 19.2 Å². The van der Waals surface area contributed by atoms with Crippen LogP contribution in [0.25, 0.3) is 16.7 Å². The molecule has 2 fully saturated rings. The zero-order valence-corrected chi connectivity index (χ0v) is 31.5. The summed E-state index contributed by atoms with van der Waals surface area (Å²) in [5.74, 6) is -1.18. The van der Waals surface area contributed by atoms with Crippen LogP contribution in [0.1, 0.15) is 70.9 Å². The first-order valence-electron chi connectivity index (χ1n) is 18.2. The van der Waals surface area contributed by atoms with Gasteiger partial charge in [0.05, 0.1) is 18.8 Å². The molecule has 2 aliphatic carbocycles. The fourth-order valence-corrected chi connectivity index (χ4v) is 7.50. The summed E-state index contributed by atoms with van der Waals surface area (Å²) < 4.78 is 36.5. The molecule has 0 radical (unpaired) electrons. The van der Waals surface area contributed by atoms with Crippen LogP contribution in [0.4, 0.5) is 4.39 Å². The molecule has 3 aliphatic rings. The van der Waals surface area contributed by atoms with Gasteiger partial charge in [0.15, 0.2) is 5.58 Å². The minimum absolute atomic E-state index is 0.141. The standard InChI is InChI=1S/C41H42ClFN6O6/c1-23-29(30-7-4-5-9-31(30)42)8-6-11-41(23,49-39(51)36-15-27(21-52-3)28(20-47-36)19-46-34-16-32(34)43)40-48-35-14-25(13-26(17-44)38(35)55-40)18-45-33-10-12-53-22-37(33)54-24(2)50/h4-9,11,13-15,20,23,32-34,37,45-46H,10,12,16,18-19,21-22H2,1-3H3,(H,49,51)/t23?,32-,33+,34+,37-,41?/m0/s1. The van der Waals surface area contributed by atoms with Crippen LogP contribution in [-0.4, -0.2) is 66.5 Å². The van der Waals surface area contributed by atoms with Gasteiger partial charge in [-0.2, -0.15) is 5.26 Å². The number of oxazole rings is 1. The lowest BCUT2D eigenvalue weighted by molar-refractivity contribution is -0.155. The van der Waals surface area contributed by atoms with Crippen molar-refractivity contribution in [3.63, 3.8) is 0 Å². The first-order valence-corrected chi connectivity index (χ1v) is 18.6. The van der Waals surface area contributed by atoms with Crippen molar-refractivity contribution in [3.8, 4) is 6.07 Å². The molecule has 14 heteroatoms. The van der Waals surface area contributed by atoms with Gasteiger partial charge >= 0.3 is 5.97 Å². The summed E-state index contributed by atoms with van der Waals surface area (Å²) in [6, 6.07) is 14.6.